The van der Waals surface area contributed by atoms with E-state index in [1.807, 2.05) is 0 Å². The Kier molecular flexibility index (Phi) is 7.74. The lowest BCUT2D eigenvalue weighted by Crippen LogP contribution is -2.15. The summed E-state index contributed by atoms with van der Waals surface area (Å²) in [5.41, 5.74) is 0.409. The normalized spacial score (nSPS) is 10.6. The van der Waals surface area contributed by atoms with Crippen molar-refractivity contribution >= 4 is 28.8 Å². The van der Waals surface area contributed by atoms with Crippen molar-refractivity contribution in [2.75, 3.05) is 0 Å². The molecule has 0 bridgehead atoms. The van der Waals surface area contributed by atoms with Crippen LogP contribution in [0.15, 0.2) is 137 Å². The van der Waals surface area contributed by atoms with Crippen molar-refractivity contribution in [3.63, 3.8) is 0 Å². The average Bonchev–Trinajstić information content (AvgIpc) is 3.07. The molecular formula is C35H21NO8. The maximum Gasteiger partial charge on any atom is 0.347 e. The Balaban J connectivity index is 1.52. The number of hydrogen-bond acceptors (Lipinski definition) is 9. The Morgan fingerprint density at radius 2 is 0.977 bits per heavy atom. The molecule has 1 heterocycles. The molecule has 214 valence electrons. The largest absolute Gasteiger partial charge is 0.419 e. The Labute approximate surface area is 249 Å². The van der Waals surface area contributed by atoms with Gasteiger partial charge in [-0.3, -0.25) is 0 Å². The van der Waals surface area contributed by atoms with Crippen LogP contribution in [0.3, 0.4) is 0 Å². The second-order valence-corrected chi connectivity index (χ2v) is 9.39. The second kappa shape index (κ2) is 12.3. The highest BCUT2D eigenvalue weighted by molar-refractivity contribution is 5.95. The summed E-state index contributed by atoms with van der Waals surface area (Å²) in [6.45, 7) is 0. The van der Waals surface area contributed by atoms with Gasteiger partial charge in [-0.1, -0.05) is 66.7 Å². The van der Waals surface area contributed by atoms with E-state index in [4.69, 9.17) is 18.6 Å². The molecular weight excluding hydrogens is 562 g/mol. The Morgan fingerprint density at radius 1 is 0.545 bits per heavy atom. The van der Waals surface area contributed by atoms with E-state index in [9.17, 15) is 19.2 Å². The first-order chi connectivity index (χ1) is 21.5. The number of carbonyl (C=O) groups excluding carboxylic acids is 3. The molecule has 0 radical (unpaired) electrons. The zero-order valence-corrected chi connectivity index (χ0v) is 22.8. The van der Waals surface area contributed by atoms with Crippen molar-refractivity contribution in [1.82, 2.24) is 4.98 Å². The predicted molar refractivity (Wildman–Crippen MR) is 160 cm³/mol. The minimum Gasteiger partial charge on any atom is -0.419 e. The maximum atomic E-state index is 13.2. The SMILES string of the molecule is O=C(Oc1cc(-c2nc3ccccc3c(=O)o2)cc(OC(=O)c2ccccc2)c1OC(=O)c1ccccc1)c1ccccc1. The van der Waals surface area contributed by atoms with Gasteiger partial charge in [-0.05, 0) is 60.7 Å². The highest BCUT2D eigenvalue weighted by Crippen LogP contribution is 2.43. The van der Waals surface area contributed by atoms with Crippen LogP contribution in [0.4, 0.5) is 0 Å². The third-order valence-electron chi connectivity index (χ3n) is 6.43. The first kappa shape index (κ1) is 27.8. The molecule has 44 heavy (non-hydrogen) atoms. The van der Waals surface area contributed by atoms with E-state index in [0.717, 1.165) is 0 Å². The van der Waals surface area contributed by atoms with E-state index in [2.05, 4.69) is 4.98 Å². The smallest absolute Gasteiger partial charge is 0.347 e. The second-order valence-electron chi connectivity index (χ2n) is 9.39. The number of nitrogens with zero attached hydrogens (tertiary/aromatic N) is 1. The molecule has 5 aromatic carbocycles. The number of para-hydroxylation sites is 1. The number of benzene rings is 5. The van der Waals surface area contributed by atoms with Crippen LogP contribution in [0.2, 0.25) is 0 Å². The lowest BCUT2D eigenvalue weighted by atomic mass is 10.1. The molecule has 0 amide bonds. The van der Waals surface area contributed by atoms with E-state index < -0.39 is 23.5 Å². The summed E-state index contributed by atoms with van der Waals surface area (Å²) < 4.78 is 22.7. The van der Waals surface area contributed by atoms with Crippen LogP contribution in [0, 0.1) is 0 Å². The van der Waals surface area contributed by atoms with Crippen molar-refractivity contribution in [1.29, 1.82) is 0 Å². The van der Waals surface area contributed by atoms with Gasteiger partial charge in [0.1, 0.15) is 0 Å². The van der Waals surface area contributed by atoms with Crippen LogP contribution in [0.1, 0.15) is 31.1 Å². The third-order valence-corrected chi connectivity index (χ3v) is 6.43. The first-order valence-electron chi connectivity index (χ1n) is 13.4. The quantitative estimate of drug-likeness (QED) is 0.153. The standard InChI is InChI=1S/C35H21NO8/c37-32(22-12-4-1-5-13-22)41-28-20-25(31-36-27-19-11-10-18-26(27)35(40)44-31)21-29(42-33(38)23-14-6-2-7-15-23)30(28)43-34(39)24-16-8-3-9-17-24/h1-21H. The molecule has 1 aromatic heterocycles. The van der Waals surface area contributed by atoms with Gasteiger partial charge >= 0.3 is 23.5 Å². The number of aromatic nitrogens is 1. The fraction of sp³-hybridized carbons (Fsp3) is 0. The minimum absolute atomic E-state index is 0.110. The summed E-state index contributed by atoms with van der Waals surface area (Å²) in [6.07, 6.45) is 0. The van der Waals surface area contributed by atoms with E-state index in [1.165, 1.54) is 24.3 Å². The van der Waals surface area contributed by atoms with Crippen LogP contribution in [0.25, 0.3) is 22.4 Å². The molecule has 0 fully saturated rings. The van der Waals surface area contributed by atoms with E-state index in [-0.39, 0.29) is 50.8 Å². The lowest BCUT2D eigenvalue weighted by molar-refractivity contribution is 0.0657. The lowest BCUT2D eigenvalue weighted by Gasteiger charge is -2.16. The van der Waals surface area contributed by atoms with Gasteiger partial charge in [0, 0.05) is 5.56 Å². The molecule has 0 aliphatic carbocycles. The highest BCUT2D eigenvalue weighted by atomic mass is 16.6. The van der Waals surface area contributed by atoms with Crippen molar-refractivity contribution in [3.8, 4) is 28.7 Å². The Bertz CT molecular complexity index is 1980. The van der Waals surface area contributed by atoms with E-state index in [0.29, 0.717) is 5.52 Å². The zero-order chi connectivity index (χ0) is 30.5. The first-order valence-corrected chi connectivity index (χ1v) is 13.4. The summed E-state index contributed by atoms with van der Waals surface area (Å²) >= 11 is 0. The van der Waals surface area contributed by atoms with Gasteiger partial charge in [0.15, 0.2) is 11.5 Å². The highest BCUT2D eigenvalue weighted by Gasteiger charge is 2.26. The monoisotopic (exact) mass is 583 g/mol. The summed E-state index contributed by atoms with van der Waals surface area (Å²) in [4.78, 5) is 56.8. The minimum atomic E-state index is -0.803. The zero-order valence-electron chi connectivity index (χ0n) is 22.8. The van der Waals surface area contributed by atoms with Crippen LogP contribution < -0.4 is 19.8 Å². The van der Waals surface area contributed by atoms with Gasteiger partial charge in [-0.25, -0.2) is 24.2 Å². The molecule has 6 rings (SSSR count). The number of rotatable bonds is 7. The topological polar surface area (TPSA) is 122 Å². The molecule has 0 saturated heterocycles. The molecule has 9 nitrogen and oxygen atoms in total. The van der Waals surface area contributed by atoms with Gasteiger partial charge in [0.25, 0.3) is 0 Å². The molecule has 9 heteroatoms. The van der Waals surface area contributed by atoms with Crippen LogP contribution >= 0.6 is 0 Å². The molecule has 0 N–H and O–H groups in total. The summed E-state index contributed by atoms with van der Waals surface area (Å²) in [6, 6.07) is 33.6. The Morgan fingerprint density at radius 3 is 1.48 bits per heavy atom. The molecule has 0 aliphatic heterocycles. The van der Waals surface area contributed by atoms with Crippen molar-refractivity contribution in [2.24, 2.45) is 0 Å². The molecule has 0 atom stereocenters. The van der Waals surface area contributed by atoms with Gasteiger partial charge in [-0.2, -0.15) is 0 Å². The van der Waals surface area contributed by atoms with E-state index in [1.54, 1.807) is 103 Å². The van der Waals surface area contributed by atoms with Crippen LogP contribution in [-0.2, 0) is 0 Å². The number of ether oxygens (including phenoxy) is 3. The van der Waals surface area contributed by atoms with Crippen molar-refractivity contribution < 1.29 is 33.0 Å². The van der Waals surface area contributed by atoms with Gasteiger partial charge in [0.05, 0.1) is 27.6 Å². The number of fused-ring (bicyclic) bond motifs is 1. The summed E-state index contributed by atoms with van der Waals surface area (Å²) in [5, 5.41) is 0.260. The molecule has 6 aromatic rings. The fourth-order valence-corrected chi connectivity index (χ4v) is 4.29. The van der Waals surface area contributed by atoms with E-state index >= 15 is 0 Å². The summed E-state index contributed by atoms with van der Waals surface area (Å²) in [5.74, 6) is -3.44. The predicted octanol–water partition coefficient (Wildman–Crippen LogP) is 6.51. The van der Waals surface area contributed by atoms with Gasteiger partial charge in [-0.15, -0.1) is 0 Å². The van der Waals surface area contributed by atoms with Crippen molar-refractivity contribution in [3.05, 3.63) is 155 Å². The van der Waals surface area contributed by atoms with Crippen LogP contribution in [-0.4, -0.2) is 22.9 Å². The molecule has 0 spiro atoms. The molecule has 0 unspecified atom stereocenters. The summed E-state index contributed by atoms with van der Waals surface area (Å²) in [7, 11) is 0. The number of hydrogen-bond donors (Lipinski definition) is 0. The number of esters is 3. The fourth-order valence-electron chi connectivity index (χ4n) is 4.29. The van der Waals surface area contributed by atoms with Gasteiger partial charge in [0.2, 0.25) is 11.6 Å². The maximum absolute atomic E-state index is 13.2. The average molecular weight is 584 g/mol. The molecule has 0 aliphatic rings. The Hall–Kier alpha value is -6.35. The molecule has 0 saturated carbocycles. The van der Waals surface area contributed by atoms with Crippen molar-refractivity contribution in [2.45, 2.75) is 0 Å². The number of carbonyl (C=O) groups is 3. The third kappa shape index (κ3) is 5.97. The van der Waals surface area contributed by atoms with Crippen LogP contribution in [0.5, 0.6) is 17.2 Å². The van der Waals surface area contributed by atoms with Gasteiger partial charge < -0.3 is 18.6 Å².